The standard InChI is InChI=1S/C13H16BrFN2O2/c1-17(8-9-7-16-5-6-19-9)13(18)12-10(14)3-2-4-11(12)15/h2-4,9,16H,5-8H2,1H3. The Morgan fingerprint density at radius 2 is 2.42 bits per heavy atom. The largest absolute Gasteiger partial charge is 0.374 e. The van der Waals surface area contributed by atoms with E-state index in [0.717, 1.165) is 6.54 Å². The number of ether oxygens (including phenoxy) is 1. The molecule has 1 aromatic carbocycles. The second-order valence-corrected chi connectivity index (χ2v) is 5.33. The number of likely N-dealkylation sites (N-methyl/N-ethyl adjacent to an activating group) is 1. The van der Waals surface area contributed by atoms with Gasteiger partial charge in [0, 0.05) is 31.2 Å². The highest BCUT2D eigenvalue weighted by Gasteiger charge is 2.23. The lowest BCUT2D eigenvalue weighted by atomic mass is 10.2. The topological polar surface area (TPSA) is 41.6 Å². The van der Waals surface area contributed by atoms with E-state index in [-0.39, 0.29) is 17.6 Å². The highest BCUT2D eigenvalue weighted by molar-refractivity contribution is 9.10. The van der Waals surface area contributed by atoms with Crippen LogP contribution in [-0.2, 0) is 4.74 Å². The van der Waals surface area contributed by atoms with E-state index in [9.17, 15) is 9.18 Å². The van der Waals surface area contributed by atoms with Crippen LogP contribution in [0.2, 0.25) is 0 Å². The molecule has 1 heterocycles. The summed E-state index contributed by atoms with van der Waals surface area (Å²) in [5.74, 6) is -0.868. The Kier molecular flexibility index (Phi) is 4.90. The van der Waals surface area contributed by atoms with Crippen molar-refractivity contribution in [3.63, 3.8) is 0 Å². The van der Waals surface area contributed by atoms with Crippen LogP contribution in [0.3, 0.4) is 0 Å². The minimum absolute atomic E-state index is 0.0479. The van der Waals surface area contributed by atoms with Crippen LogP contribution >= 0.6 is 15.9 Å². The maximum Gasteiger partial charge on any atom is 0.257 e. The minimum atomic E-state index is -0.520. The second-order valence-electron chi connectivity index (χ2n) is 4.48. The zero-order valence-corrected chi connectivity index (χ0v) is 12.2. The van der Waals surface area contributed by atoms with Crippen LogP contribution in [0.25, 0.3) is 0 Å². The van der Waals surface area contributed by atoms with Crippen molar-refractivity contribution in [3.05, 3.63) is 34.1 Å². The Labute approximate surface area is 120 Å². The fraction of sp³-hybridized carbons (Fsp3) is 0.462. The fourth-order valence-corrected chi connectivity index (χ4v) is 2.53. The molecule has 19 heavy (non-hydrogen) atoms. The van der Waals surface area contributed by atoms with E-state index in [1.165, 1.54) is 11.0 Å². The monoisotopic (exact) mass is 330 g/mol. The van der Waals surface area contributed by atoms with Crippen LogP contribution in [0, 0.1) is 5.82 Å². The van der Waals surface area contributed by atoms with Crippen LogP contribution in [0.4, 0.5) is 4.39 Å². The average molecular weight is 331 g/mol. The summed E-state index contributed by atoms with van der Waals surface area (Å²) >= 11 is 3.21. The van der Waals surface area contributed by atoms with Crippen molar-refractivity contribution in [1.29, 1.82) is 0 Å². The van der Waals surface area contributed by atoms with E-state index in [2.05, 4.69) is 21.2 Å². The number of benzene rings is 1. The summed E-state index contributed by atoms with van der Waals surface area (Å²) in [4.78, 5) is 13.7. The molecule has 1 atom stereocenters. The van der Waals surface area contributed by atoms with Crippen molar-refractivity contribution < 1.29 is 13.9 Å². The number of carbonyl (C=O) groups excluding carboxylic acids is 1. The molecule has 1 amide bonds. The van der Waals surface area contributed by atoms with E-state index in [0.29, 0.717) is 24.2 Å². The zero-order valence-electron chi connectivity index (χ0n) is 10.7. The normalized spacial score (nSPS) is 19.2. The summed E-state index contributed by atoms with van der Waals surface area (Å²) in [5.41, 5.74) is 0.0637. The molecule has 1 fully saturated rings. The first-order chi connectivity index (χ1) is 9.09. The van der Waals surface area contributed by atoms with E-state index in [1.54, 1.807) is 19.2 Å². The molecule has 0 aliphatic carbocycles. The van der Waals surface area contributed by atoms with E-state index < -0.39 is 5.82 Å². The summed E-state index contributed by atoms with van der Waals surface area (Å²) < 4.78 is 19.7. The molecule has 104 valence electrons. The quantitative estimate of drug-likeness (QED) is 0.916. The molecule has 1 aliphatic rings. The SMILES string of the molecule is CN(CC1CNCCO1)C(=O)c1c(F)cccc1Br. The first-order valence-corrected chi connectivity index (χ1v) is 6.90. The molecule has 1 aliphatic heterocycles. The van der Waals surface area contributed by atoms with Crippen LogP contribution < -0.4 is 5.32 Å². The van der Waals surface area contributed by atoms with E-state index in [4.69, 9.17) is 4.74 Å². The molecule has 0 spiro atoms. The third-order valence-corrected chi connectivity index (χ3v) is 3.67. The van der Waals surface area contributed by atoms with Crippen molar-refractivity contribution in [2.45, 2.75) is 6.10 Å². The van der Waals surface area contributed by atoms with Gasteiger partial charge in [0.05, 0.1) is 18.3 Å². The van der Waals surface area contributed by atoms with Gasteiger partial charge in [0.25, 0.3) is 5.91 Å². The number of rotatable bonds is 3. The molecule has 1 N–H and O–H groups in total. The lowest BCUT2D eigenvalue weighted by Gasteiger charge is -2.28. The van der Waals surface area contributed by atoms with Crippen molar-refractivity contribution in [1.82, 2.24) is 10.2 Å². The van der Waals surface area contributed by atoms with Gasteiger partial charge in [0.1, 0.15) is 5.82 Å². The zero-order chi connectivity index (χ0) is 13.8. The molecule has 6 heteroatoms. The molecular weight excluding hydrogens is 315 g/mol. The Morgan fingerprint density at radius 3 is 3.05 bits per heavy atom. The Bertz CT molecular complexity index is 444. The number of hydrogen-bond donors (Lipinski definition) is 1. The van der Waals surface area contributed by atoms with Gasteiger partial charge in [0.15, 0.2) is 0 Å². The summed E-state index contributed by atoms with van der Waals surface area (Å²) in [6, 6.07) is 4.50. The summed E-state index contributed by atoms with van der Waals surface area (Å²) in [5, 5.41) is 3.20. The molecule has 0 radical (unpaired) electrons. The number of amides is 1. The first kappa shape index (κ1) is 14.4. The van der Waals surface area contributed by atoms with Crippen LogP contribution in [0.5, 0.6) is 0 Å². The molecule has 1 unspecified atom stereocenters. The van der Waals surface area contributed by atoms with Crippen molar-refractivity contribution >= 4 is 21.8 Å². The highest BCUT2D eigenvalue weighted by Crippen LogP contribution is 2.21. The lowest BCUT2D eigenvalue weighted by Crippen LogP contribution is -2.45. The molecule has 2 rings (SSSR count). The van der Waals surface area contributed by atoms with Crippen LogP contribution in [0.15, 0.2) is 22.7 Å². The van der Waals surface area contributed by atoms with Gasteiger partial charge in [-0.1, -0.05) is 6.07 Å². The van der Waals surface area contributed by atoms with Gasteiger partial charge in [-0.3, -0.25) is 4.79 Å². The van der Waals surface area contributed by atoms with Gasteiger partial charge in [-0.05, 0) is 28.1 Å². The third-order valence-electron chi connectivity index (χ3n) is 3.01. The van der Waals surface area contributed by atoms with Gasteiger partial charge in [-0.25, -0.2) is 4.39 Å². The Hall–Kier alpha value is -0.980. The summed E-state index contributed by atoms with van der Waals surface area (Å²) in [6.07, 6.45) is -0.0479. The maximum atomic E-state index is 13.7. The van der Waals surface area contributed by atoms with Gasteiger partial charge < -0.3 is 15.0 Å². The van der Waals surface area contributed by atoms with Crippen LogP contribution in [0.1, 0.15) is 10.4 Å². The Morgan fingerprint density at radius 1 is 1.63 bits per heavy atom. The molecule has 0 aromatic heterocycles. The number of nitrogens with zero attached hydrogens (tertiary/aromatic N) is 1. The number of nitrogens with one attached hydrogen (secondary N) is 1. The minimum Gasteiger partial charge on any atom is -0.374 e. The molecular formula is C13H16BrFN2O2. The molecule has 4 nitrogen and oxygen atoms in total. The van der Waals surface area contributed by atoms with E-state index >= 15 is 0 Å². The predicted molar refractivity (Wildman–Crippen MR) is 73.7 cm³/mol. The van der Waals surface area contributed by atoms with Crippen molar-refractivity contribution in [2.24, 2.45) is 0 Å². The highest BCUT2D eigenvalue weighted by atomic mass is 79.9. The van der Waals surface area contributed by atoms with Gasteiger partial charge >= 0.3 is 0 Å². The van der Waals surface area contributed by atoms with Gasteiger partial charge in [-0.15, -0.1) is 0 Å². The molecule has 1 saturated heterocycles. The summed E-state index contributed by atoms with van der Waals surface area (Å²) in [7, 11) is 1.65. The number of halogens is 2. The number of morpholine rings is 1. The second kappa shape index (κ2) is 6.45. The first-order valence-electron chi connectivity index (χ1n) is 6.11. The van der Waals surface area contributed by atoms with Crippen molar-refractivity contribution in [2.75, 3.05) is 33.3 Å². The molecule has 1 aromatic rings. The molecule has 0 bridgehead atoms. The molecule has 0 saturated carbocycles. The van der Waals surface area contributed by atoms with Gasteiger partial charge in [0.2, 0.25) is 0 Å². The third kappa shape index (κ3) is 3.52. The maximum absolute atomic E-state index is 13.7. The van der Waals surface area contributed by atoms with Crippen LogP contribution in [-0.4, -0.2) is 50.2 Å². The summed E-state index contributed by atoms with van der Waals surface area (Å²) in [6.45, 7) is 2.60. The fourth-order valence-electron chi connectivity index (χ4n) is 2.02. The smallest absolute Gasteiger partial charge is 0.257 e. The number of carbonyl (C=O) groups is 1. The van der Waals surface area contributed by atoms with Crippen molar-refractivity contribution in [3.8, 4) is 0 Å². The van der Waals surface area contributed by atoms with E-state index in [1.807, 2.05) is 0 Å². The lowest BCUT2D eigenvalue weighted by molar-refractivity contribution is 0.0102. The van der Waals surface area contributed by atoms with Gasteiger partial charge in [-0.2, -0.15) is 0 Å². The predicted octanol–water partition coefficient (Wildman–Crippen LogP) is 1.65. The number of hydrogen-bond acceptors (Lipinski definition) is 3. The average Bonchev–Trinajstić information content (AvgIpc) is 2.39. The Balaban J connectivity index is 2.06.